The lowest BCUT2D eigenvalue weighted by Gasteiger charge is -2.01. The molecule has 0 aromatic carbocycles. The van der Waals surface area contributed by atoms with Crippen LogP contribution in [0.3, 0.4) is 0 Å². The maximum Gasteiger partial charge on any atom is 0.132 e. The van der Waals surface area contributed by atoms with E-state index in [4.69, 9.17) is 4.74 Å². The van der Waals surface area contributed by atoms with Crippen LogP contribution in [0.5, 0.6) is 0 Å². The highest BCUT2D eigenvalue weighted by Gasteiger charge is 2.20. The Kier molecular flexibility index (Phi) is 1.86. The van der Waals surface area contributed by atoms with Crippen molar-refractivity contribution in [3.8, 4) is 0 Å². The summed E-state index contributed by atoms with van der Waals surface area (Å²) >= 11 is 0. The van der Waals surface area contributed by atoms with Crippen molar-refractivity contribution < 1.29 is 4.74 Å². The SMILES string of the molecule is CC(C)CNC1CO1. The Labute approximate surface area is 50.2 Å². The van der Waals surface area contributed by atoms with Gasteiger partial charge in [-0.1, -0.05) is 13.8 Å². The van der Waals surface area contributed by atoms with Gasteiger partial charge in [-0.05, 0) is 12.5 Å². The maximum atomic E-state index is 4.95. The number of hydrogen-bond acceptors (Lipinski definition) is 2. The molecule has 1 saturated heterocycles. The quantitative estimate of drug-likeness (QED) is 0.544. The van der Waals surface area contributed by atoms with Gasteiger partial charge in [0.2, 0.25) is 0 Å². The predicted molar refractivity (Wildman–Crippen MR) is 32.6 cm³/mol. The van der Waals surface area contributed by atoms with E-state index in [1.54, 1.807) is 0 Å². The minimum atomic E-state index is 0.386. The summed E-state index contributed by atoms with van der Waals surface area (Å²) in [5, 5.41) is 3.23. The van der Waals surface area contributed by atoms with Crippen LogP contribution in [0, 0.1) is 5.92 Å². The van der Waals surface area contributed by atoms with E-state index >= 15 is 0 Å². The van der Waals surface area contributed by atoms with Gasteiger partial charge >= 0.3 is 0 Å². The molecule has 2 heteroatoms. The Morgan fingerprint density at radius 3 is 2.75 bits per heavy atom. The molecule has 0 aliphatic carbocycles. The molecule has 1 rings (SSSR count). The first-order valence-corrected chi connectivity index (χ1v) is 3.14. The van der Waals surface area contributed by atoms with Crippen LogP contribution >= 0.6 is 0 Å². The first kappa shape index (κ1) is 6.05. The minimum Gasteiger partial charge on any atom is -0.357 e. The third-order valence-electron chi connectivity index (χ3n) is 1.09. The van der Waals surface area contributed by atoms with E-state index in [9.17, 15) is 0 Å². The van der Waals surface area contributed by atoms with Crippen molar-refractivity contribution in [1.29, 1.82) is 0 Å². The van der Waals surface area contributed by atoms with Crippen molar-refractivity contribution in [2.24, 2.45) is 5.92 Å². The minimum absolute atomic E-state index is 0.386. The highest BCUT2D eigenvalue weighted by Crippen LogP contribution is 2.04. The molecule has 0 amide bonds. The van der Waals surface area contributed by atoms with E-state index in [0.717, 1.165) is 19.1 Å². The van der Waals surface area contributed by atoms with Gasteiger partial charge in [0.25, 0.3) is 0 Å². The fourth-order valence-electron chi connectivity index (χ4n) is 0.533. The van der Waals surface area contributed by atoms with Crippen molar-refractivity contribution in [3.63, 3.8) is 0 Å². The number of ether oxygens (including phenoxy) is 1. The molecule has 0 spiro atoms. The zero-order chi connectivity index (χ0) is 5.98. The zero-order valence-corrected chi connectivity index (χ0v) is 5.48. The molecule has 0 radical (unpaired) electrons. The smallest absolute Gasteiger partial charge is 0.132 e. The third kappa shape index (κ3) is 2.28. The van der Waals surface area contributed by atoms with E-state index in [2.05, 4.69) is 19.2 Å². The summed E-state index contributed by atoms with van der Waals surface area (Å²) in [4.78, 5) is 0. The second-order valence-corrected chi connectivity index (χ2v) is 2.62. The zero-order valence-electron chi connectivity index (χ0n) is 5.48. The van der Waals surface area contributed by atoms with Crippen LogP contribution < -0.4 is 5.32 Å². The number of nitrogens with one attached hydrogen (secondary N) is 1. The maximum absolute atomic E-state index is 4.95. The molecule has 48 valence electrons. The van der Waals surface area contributed by atoms with Gasteiger partial charge in [0.05, 0.1) is 6.61 Å². The van der Waals surface area contributed by atoms with Gasteiger partial charge in [-0.2, -0.15) is 0 Å². The first-order valence-electron chi connectivity index (χ1n) is 3.14. The molecule has 0 aromatic rings. The Morgan fingerprint density at radius 1 is 1.75 bits per heavy atom. The molecular formula is C6H13NO. The highest BCUT2D eigenvalue weighted by atomic mass is 16.6. The Hall–Kier alpha value is -0.0800. The fourth-order valence-corrected chi connectivity index (χ4v) is 0.533. The van der Waals surface area contributed by atoms with Crippen LogP contribution in [0.15, 0.2) is 0 Å². The average molecular weight is 115 g/mol. The van der Waals surface area contributed by atoms with Crippen molar-refractivity contribution in [1.82, 2.24) is 5.32 Å². The van der Waals surface area contributed by atoms with E-state index in [1.807, 2.05) is 0 Å². The van der Waals surface area contributed by atoms with Crippen LogP contribution in [0.2, 0.25) is 0 Å². The summed E-state index contributed by atoms with van der Waals surface area (Å²) in [5.74, 6) is 0.735. The standard InChI is InChI=1S/C6H13NO/c1-5(2)3-7-6-4-8-6/h5-7H,3-4H2,1-2H3. The molecule has 1 N–H and O–H groups in total. The number of hydrogen-bond donors (Lipinski definition) is 1. The average Bonchev–Trinajstić information content (AvgIpc) is 2.41. The van der Waals surface area contributed by atoms with E-state index < -0.39 is 0 Å². The lowest BCUT2D eigenvalue weighted by Crippen LogP contribution is -2.22. The Morgan fingerprint density at radius 2 is 2.38 bits per heavy atom. The summed E-state index contributed by atoms with van der Waals surface area (Å²) in [6.07, 6.45) is 0.386. The molecule has 1 aliphatic heterocycles. The lowest BCUT2D eigenvalue weighted by molar-refractivity contribution is 0.358. The Balaban J connectivity index is 1.87. The molecule has 1 aliphatic rings. The summed E-state index contributed by atoms with van der Waals surface area (Å²) in [5.41, 5.74) is 0. The fraction of sp³-hybridized carbons (Fsp3) is 1.00. The summed E-state index contributed by atoms with van der Waals surface area (Å²) < 4.78 is 4.95. The van der Waals surface area contributed by atoms with Gasteiger partial charge in [0.15, 0.2) is 0 Å². The summed E-state index contributed by atoms with van der Waals surface area (Å²) in [7, 11) is 0. The topological polar surface area (TPSA) is 24.6 Å². The Bertz CT molecular complexity index is 66.9. The van der Waals surface area contributed by atoms with Crippen molar-refractivity contribution in [3.05, 3.63) is 0 Å². The molecule has 2 nitrogen and oxygen atoms in total. The van der Waals surface area contributed by atoms with E-state index in [0.29, 0.717) is 6.23 Å². The van der Waals surface area contributed by atoms with Crippen LogP contribution in [0.25, 0.3) is 0 Å². The van der Waals surface area contributed by atoms with Gasteiger partial charge in [0.1, 0.15) is 6.23 Å². The van der Waals surface area contributed by atoms with Crippen LogP contribution in [0.1, 0.15) is 13.8 Å². The highest BCUT2D eigenvalue weighted by molar-refractivity contribution is 4.66. The molecule has 0 aromatic heterocycles. The lowest BCUT2D eigenvalue weighted by atomic mass is 10.2. The second kappa shape index (κ2) is 2.46. The van der Waals surface area contributed by atoms with Gasteiger partial charge in [-0.25, -0.2) is 0 Å². The van der Waals surface area contributed by atoms with Gasteiger partial charge in [-0.3, -0.25) is 5.32 Å². The van der Waals surface area contributed by atoms with Gasteiger partial charge in [0, 0.05) is 0 Å². The summed E-state index contributed by atoms with van der Waals surface area (Å²) in [6.45, 7) is 6.36. The monoisotopic (exact) mass is 115 g/mol. The van der Waals surface area contributed by atoms with Crippen molar-refractivity contribution >= 4 is 0 Å². The predicted octanol–water partition coefficient (Wildman–Crippen LogP) is 0.588. The van der Waals surface area contributed by atoms with Crippen molar-refractivity contribution in [2.45, 2.75) is 20.1 Å². The molecule has 1 atom stereocenters. The molecule has 1 heterocycles. The molecule has 8 heavy (non-hydrogen) atoms. The molecule has 1 unspecified atom stereocenters. The van der Waals surface area contributed by atoms with Crippen LogP contribution in [0.4, 0.5) is 0 Å². The van der Waals surface area contributed by atoms with Gasteiger partial charge < -0.3 is 4.74 Å². The molecule has 0 saturated carbocycles. The van der Waals surface area contributed by atoms with Crippen LogP contribution in [-0.2, 0) is 4.74 Å². The second-order valence-electron chi connectivity index (χ2n) is 2.62. The number of rotatable bonds is 3. The molecule has 0 bridgehead atoms. The van der Waals surface area contributed by atoms with Crippen LogP contribution in [-0.4, -0.2) is 19.4 Å². The molecule has 1 fully saturated rings. The largest absolute Gasteiger partial charge is 0.357 e. The first-order chi connectivity index (χ1) is 3.79. The summed E-state index contributed by atoms with van der Waals surface area (Å²) in [6, 6.07) is 0. The molecular weight excluding hydrogens is 102 g/mol. The van der Waals surface area contributed by atoms with Crippen molar-refractivity contribution in [2.75, 3.05) is 13.2 Å². The van der Waals surface area contributed by atoms with Gasteiger partial charge in [-0.15, -0.1) is 0 Å². The van der Waals surface area contributed by atoms with E-state index in [-0.39, 0.29) is 0 Å². The normalized spacial score (nSPS) is 26.6. The number of epoxide rings is 1. The van der Waals surface area contributed by atoms with E-state index in [1.165, 1.54) is 0 Å². The third-order valence-corrected chi connectivity index (χ3v) is 1.09.